The predicted molar refractivity (Wildman–Crippen MR) is 251 cm³/mol. The molecule has 59 heavy (non-hydrogen) atoms. The van der Waals surface area contributed by atoms with Crippen LogP contribution in [0, 0.1) is 0 Å². The van der Waals surface area contributed by atoms with Crippen molar-refractivity contribution in [2.45, 2.75) is 0 Å². The molecule has 0 atom stereocenters. The Morgan fingerprint density at radius 2 is 0.559 bits per heavy atom. The van der Waals surface area contributed by atoms with Crippen molar-refractivity contribution >= 4 is 27.8 Å². The van der Waals surface area contributed by atoms with Crippen LogP contribution in [0.4, 0.5) is 17.1 Å². The summed E-state index contributed by atoms with van der Waals surface area (Å²) < 4.78 is 37.9. The van der Waals surface area contributed by atoms with Crippen molar-refractivity contribution in [2.75, 3.05) is 4.90 Å². The Morgan fingerprint density at radius 3 is 1.08 bits per heavy atom. The van der Waals surface area contributed by atoms with Gasteiger partial charge in [-0.1, -0.05) is 194 Å². The van der Waals surface area contributed by atoms with Gasteiger partial charge >= 0.3 is 0 Å². The third kappa shape index (κ3) is 7.58. The van der Waals surface area contributed by atoms with E-state index in [1.165, 1.54) is 10.8 Å². The molecule has 0 aliphatic carbocycles. The summed E-state index contributed by atoms with van der Waals surface area (Å²) >= 11 is 0. The highest BCUT2D eigenvalue weighted by atomic mass is 15.1. The van der Waals surface area contributed by atoms with Gasteiger partial charge in [-0.2, -0.15) is 0 Å². The van der Waals surface area contributed by atoms with Crippen molar-refractivity contribution in [2.24, 2.45) is 0 Å². The number of anilines is 3. The van der Waals surface area contributed by atoms with E-state index in [1.807, 2.05) is 114 Å². The molecule has 10 aromatic carbocycles. The first-order valence-corrected chi connectivity index (χ1v) is 19.9. The Morgan fingerprint density at radius 1 is 0.220 bits per heavy atom. The van der Waals surface area contributed by atoms with Gasteiger partial charge in [0.15, 0.2) is 0 Å². The van der Waals surface area contributed by atoms with E-state index < -0.39 is 0 Å². The third-order valence-corrected chi connectivity index (χ3v) is 10.9. The van der Waals surface area contributed by atoms with E-state index >= 15 is 0 Å². The molecule has 0 aliphatic heterocycles. The highest BCUT2D eigenvalue weighted by molar-refractivity contribution is 5.88. The SMILES string of the molecule is [2H]c1c([2H])c(N(c2ccc(-c3ccc(-c4ccccc4)cc3)cc2)c2ccc(-c3cccc(-c4ccc5ccccc5c4)c3)cc2)c([2H])c([2H])c1-c1cccc(-c2ccccc2)c1. The van der Waals surface area contributed by atoms with Crippen LogP contribution in [0.2, 0.25) is 0 Å². The van der Waals surface area contributed by atoms with Crippen molar-refractivity contribution in [1.82, 2.24) is 0 Å². The summed E-state index contributed by atoms with van der Waals surface area (Å²) in [4.78, 5) is 1.85. The van der Waals surface area contributed by atoms with Gasteiger partial charge in [-0.15, -0.1) is 0 Å². The maximum atomic E-state index is 9.54. The van der Waals surface area contributed by atoms with Gasteiger partial charge in [-0.05, 0) is 132 Å². The molecule has 0 amide bonds. The van der Waals surface area contributed by atoms with Gasteiger partial charge in [-0.3, -0.25) is 0 Å². The average molecular weight is 756 g/mol. The summed E-state index contributed by atoms with van der Waals surface area (Å²) in [5, 5.41) is 2.40. The highest BCUT2D eigenvalue weighted by Crippen LogP contribution is 2.39. The number of nitrogens with zero attached hydrogens (tertiary/aromatic N) is 1. The zero-order chi connectivity index (χ0) is 42.9. The third-order valence-electron chi connectivity index (χ3n) is 10.9. The number of fused-ring (bicyclic) bond motifs is 1. The fourth-order valence-electron chi connectivity index (χ4n) is 7.79. The molecule has 1 nitrogen and oxygen atoms in total. The largest absolute Gasteiger partial charge is 0.311 e. The van der Waals surface area contributed by atoms with Crippen LogP contribution >= 0.6 is 0 Å². The van der Waals surface area contributed by atoms with E-state index in [0.717, 1.165) is 55.6 Å². The van der Waals surface area contributed by atoms with Gasteiger partial charge in [0, 0.05) is 17.1 Å². The number of hydrogen-bond acceptors (Lipinski definition) is 1. The van der Waals surface area contributed by atoms with Crippen LogP contribution in [0.5, 0.6) is 0 Å². The van der Waals surface area contributed by atoms with Gasteiger partial charge in [0.05, 0.1) is 5.48 Å². The quantitative estimate of drug-likeness (QED) is 0.142. The van der Waals surface area contributed by atoms with Crippen molar-refractivity contribution < 1.29 is 5.48 Å². The van der Waals surface area contributed by atoms with Crippen molar-refractivity contribution in [1.29, 1.82) is 0 Å². The van der Waals surface area contributed by atoms with Gasteiger partial charge in [0.2, 0.25) is 0 Å². The van der Waals surface area contributed by atoms with E-state index in [0.29, 0.717) is 16.9 Å². The van der Waals surface area contributed by atoms with E-state index in [1.54, 1.807) is 0 Å². The van der Waals surface area contributed by atoms with Gasteiger partial charge < -0.3 is 4.90 Å². The van der Waals surface area contributed by atoms with Gasteiger partial charge in [-0.25, -0.2) is 0 Å². The van der Waals surface area contributed by atoms with Gasteiger partial charge in [0.25, 0.3) is 0 Å². The maximum Gasteiger partial charge on any atom is 0.0645 e. The Hall–Kier alpha value is -7.74. The lowest BCUT2D eigenvalue weighted by molar-refractivity contribution is 1.28. The molecular formula is C58H41N. The number of benzene rings is 10. The molecule has 0 spiro atoms. The first-order valence-electron chi connectivity index (χ1n) is 21.9. The Balaban J connectivity index is 1.04. The molecule has 278 valence electrons. The minimum absolute atomic E-state index is 0.0986. The molecule has 10 rings (SSSR count). The second-order valence-electron chi connectivity index (χ2n) is 14.7. The lowest BCUT2D eigenvalue weighted by Crippen LogP contribution is -2.09. The number of rotatable bonds is 9. The molecule has 0 fully saturated rings. The molecule has 0 aliphatic rings. The fraction of sp³-hybridized carbons (Fsp3) is 0. The monoisotopic (exact) mass is 755 g/mol. The summed E-state index contributed by atoms with van der Waals surface area (Å²) in [5.74, 6) is 0. The van der Waals surface area contributed by atoms with Crippen LogP contribution < -0.4 is 4.90 Å². The second-order valence-corrected chi connectivity index (χ2v) is 14.7. The lowest BCUT2D eigenvalue weighted by atomic mass is 9.97. The minimum atomic E-state index is -0.121. The van der Waals surface area contributed by atoms with Gasteiger partial charge in [0.1, 0.15) is 0 Å². The topological polar surface area (TPSA) is 3.24 Å². The van der Waals surface area contributed by atoms with E-state index in [2.05, 4.69) is 115 Å². The van der Waals surface area contributed by atoms with Crippen LogP contribution in [0.15, 0.2) is 249 Å². The summed E-state index contributed by atoms with van der Waals surface area (Å²) in [6.07, 6.45) is 0. The van der Waals surface area contributed by atoms with Crippen LogP contribution in [0.3, 0.4) is 0 Å². The van der Waals surface area contributed by atoms with Crippen LogP contribution in [-0.4, -0.2) is 0 Å². The summed E-state index contributed by atoms with van der Waals surface area (Å²) in [6, 6.07) is 75.7. The molecule has 0 aromatic heterocycles. The average Bonchev–Trinajstić information content (AvgIpc) is 3.35. The number of hydrogen-bond donors (Lipinski definition) is 0. The molecule has 10 aromatic rings. The zero-order valence-corrected chi connectivity index (χ0v) is 32.3. The predicted octanol–water partition coefficient (Wildman–Crippen LogP) is 16.3. The highest BCUT2D eigenvalue weighted by Gasteiger charge is 2.15. The molecule has 0 heterocycles. The van der Waals surface area contributed by atoms with Crippen molar-refractivity contribution in [3.8, 4) is 66.8 Å². The van der Waals surface area contributed by atoms with Crippen molar-refractivity contribution in [3.05, 3.63) is 249 Å². The first kappa shape index (κ1) is 31.4. The zero-order valence-electron chi connectivity index (χ0n) is 36.3. The normalized spacial score (nSPS) is 12.0. The molecule has 0 saturated heterocycles. The smallest absolute Gasteiger partial charge is 0.0645 e. The first-order chi connectivity index (χ1) is 30.9. The fourth-order valence-corrected chi connectivity index (χ4v) is 7.79. The molecule has 0 saturated carbocycles. The lowest BCUT2D eigenvalue weighted by Gasteiger charge is -2.26. The van der Waals surface area contributed by atoms with Crippen LogP contribution in [0.1, 0.15) is 5.48 Å². The van der Waals surface area contributed by atoms with Crippen LogP contribution in [0.25, 0.3) is 77.5 Å². The van der Waals surface area contributed by atoms with E-state index in [4.69, 9.17) is 0 Å². The summed E-state index contributed by atoms with van der Waals surface area (Å²) in [6.45, 7) is 0. The maximum absolute atomic E-state index is 9.54. The van der Waals surface area contributed by atoms with E-state index in [9.17, 15) is 5.48 Å². The molecule has 0 bridgehead atoms. The Labute approximate surface area is 352 Å². The molecule has 0 N–H and O–H groups in total. The Kier molecular flexibility index (Phi) is 8.51. The Bertz CT molecular complexity index is 3210. The summed E-state index contributed by atoms with van der Waals surface area (Å²) in [7, 11) is 0. The van der Waals surface area contributed by atoms with E-state index in [-0.39, 0.29) is 35.4 Å². The molecule has 0 radical (unpaired) electrons. The van der Waals surface area contributed by atoms with Crippen LogP contribution in [-0.2, 0) is 0 Å². The standard InChI is InChI=1S/C58H41N/c1-3-11-42(12-4-1)45-21-23-46(24-22-45)47-27-33-56(34-28-47)59(57-35-29-48(30-36-57)52-18-9-17-51(39-52)43-13-5-2-6-14-43)58-37-31-49(32-38-58)53-19-10-20-54(40-53)55-26-25-44-15-7-8-16-50(44)41-55/h1-41H/i29D,30D,35D,36D. The summed E-state index contributed by atoms with van der Waals surface area (Å²) in [5.41, 5.74) is 13.2. The molecule has 1 heteroatoms. The molecular weight excluding hydrogens is 711 g/mol. The molecule has 0 unspecified atom stereocenters. The van der Waals surface area contributed by atoms with Crippen molar-refractivity contribution in [3.63, 3.8) is 0 Å². The second kappa shape index (κ2) is 16.0. The minimum Gasteiger partial charge on any atom is -0.311 e.